The van der Waals surface area contributed by atoms with Crippen LogP contribution >= 0.6 is 0 Å². The topological polar surface area (TPSA) is 53.5 Å². The zero-order chi connectivity index (χ0) is 18.5. The molecule has 1 atom stereocenters. The third kappa shape index (κ3) is 4.09. The third-order valence-electron chi connectivity index (χ3n) is 4.41. The van der Waals surface area contributed by atoms with Crippen molar-refractivity contribution in [1.29, 1.82) is 0 Å². The number of hydrazone groups is 1. The standard InChI is InChI=1S/C22H23N3O/c1-15-8-4-7-11-21(15)23-17(3)22(26)25-24-16(2)19-13-12-18-9-5-6-10-20(18)14-19/h4-14,17,23H,1-3H3,(H,25,26)/t17-/m1/s1. The van der Waals surface area contributed by atoms with Gasteiger partial charge < -0.3 is 5.32 Å². The summed E-state index contributed by atoms with van der Waals surface area (Å²) in [5.41, 5.74) is 6.46. The van der Waals surface area contributed by atoms with Crippen LogP contribution in [0.25, 0.3) is 10.8 Å². The van der Waals surface area contributed by atoms with Crippen molar-refractivity contribution in [3.05, 3.63) is 77.9 Å². The van der Waals surface area contributed by atoms with Crippen molar-refractivity contribution < 1.29 is 4.79 Å². The minimum Gasteiger partial charge on any atom is -0.374 e. The number of benzene rings is 3. The van der Waals surface area contributed by atoms with Crippen molar-refractivity contribution in [1.82, 2.24) is 5.43 Å². The summed E-state index contributed by atoms with van der Waals surface area (Å²) in [6.45, 7) is 5.72. The molecular weight excluding hydrogens is 322 g/mol. The van der Waals surface area contributed by atoms with Gasteiger partial charge in [-0.3, -0.25) is 4.79 Å². The first-order valence-electron chi connectivity index (χ1n) is 8.70. The highest BCUT2D eigenvalue weighted by Gasteiger charge is 2.13. The van der Waals surface area contributed by atoms with Crippen molar-refractivity contribution in [2.45, 2.75) is 26.8 Å². The molecule has 0 radical (unpaired) electrons. The first-order valence-corrected chi connectivity index (χ1v) is 8.70. The first-order chi connectivity index (χ1) is 12.5. The number of carbonyl (C=O) groups is 1. The van der Waals surface area contributed by atoms with E-state index in [1.165, 1.54) is 5.39 Å². The Balaban J connectivity index is 1.67. The average Bonchev–Trinajstić information content (AvgIpc) is 2.67. The van der Waals surface area contributed by atoms with Crippen LogP contribution < -0.4 is 10.7 Å². The fraction of sp³-hybridized carbons (Fsp3) is 0.182. The van der Waals surface area contributed by atoms with Crippen LogP contribution in [0.4, 0.5) is 5.69 Å². The van der Waals surface area contributed by atoms with Gasteiger partial charge in [0.15, 0.2) is 0 Å². The highest BCUT2D eigenvalue weighted by atomic mass is 16.2. The minimum atomic E-state index is -0.385. The molecule has 3 aromatic rings. The Hall–Kier alpha value is -3.14. The molecule has 0 aliphatic rings. The smallest absolute Gasteiger partial charge is 0.262 e. The molecule has 0 unspecified atom stereocenters. The van der Waals surface area contributed by atoms with Crippen LogP contribution in [0.5, 0.6) is 0 Å². The zero-order valence-corrected chi connectivity index (χ0v) is 15.3. The second-order valence-corrected chi connectivity index (χ2v) is 6.42. The van der Waals surface area contributed by atoms with E-state index in [9.17, 15) is 4.79 Å². The fourth-order valence-electron chi connectivity index (χ4n) is 2.75. The van der Waals surface area contributed by atoms with Gasteiger partial charge in [-0.05, 0) is 54.8 Å². The first kappa shape index (κ1) is 17.7. The summed E-state index contributed by atoms with van der Waals surface area (Å²) in [6, 6.07) is 21.8. The number of fused-ring (bicyclic) bond motifs is 1. The van der Waals surface area contributed by atoms with Gasteiger partial charge in [-0.1, -0.05) is 54.6 Å². The highest BCUT2D eigenvalue weighted by molar-refractivity contribution is 6.02. The largest absolute Gasteiger partial charge is 0.374 e. The van der Waals surface area contributed by atoms with E-state index in [4.69, 9.17) is 0 Å². The number of hydrogen-bond acceptors (Lipinski definition) is 3. The number of nitrogens with zero attached hydrogens (tertiary/aromatic N) is 1. The van der Waals surface area contributed by atoms with Crippen LogP contribution in [0, 0.1) is 6.92 Å². The molecule has 0 saturated heterocycles. The van der Waals surface area contributed by atoms with Crippen LogP contribution in [0.2, 0.25) is 0 Å². The maximum Gasteiger partial charge on any atom is 0.262 e. The quantitative estimate of drug-likeness (QED) is 0.529. The number of aryl methyl sites for hydroxylation is 1. The Labute approximate surface area is 153 Å². The predicted octanol–water partition coefficient (Wildman–Crippen LogP) is 4.49. The molecule has 3 aromatic carbocycles. The van der Waals surface area contributed by atoms with Crippen molar-refractivity contribution in [2.75, 3.05) is 5.32 Å². The monoisotopic (exact) mass is 345 g/mol. The van der Waals surface area contributed by atoms with E-state index in [0.717, 1.165) is 27.9 Å². The number of rotatable bonds is 5. The van der Waals surface area contributed by atoms with E-state index >= 15 is 0 Å². The van der Waals surface area contributed by atoms with Gasteiger partial charge in [-0.25, -0.2) is 5.43 Å². The third-order valence-corrected chi connectivity index (χ3v) is 4.41. The molecule has 0 spiro atoms. The van der Waals surface area contributed by atoms with Crippen molar-refractivity contribution in [3.8, 4) is 0 Å². The van der Waals surface area contributed by atoms with E-state index in [2.05, 4.69) is 40.1 Å². The van der Waals surface area contributed by atoms with Gasteiger partial charge in [0, 0.05) is 5.69 Å². The molecule has 0 heterocycles. The van der Waals surface area contributed by atoms with Gasteiger partial charge in [0.1, 0.15) is 6.04 Å². The lowest BCUT2D eigenvalue weighted by molar-refractivity contribution is -0.121. The second kappa shape index (κ2) is 7.83. The second-order valence-electron chi connectivity index (χ2n) is 6.42. The molecule has 0 aliphatic heterocycles. The summed E-state index contributed by atoms with van der Waals surface area (Å²) >= 11 is 0. The fourth-order valence-corrected chi connectivity index (χ4v) is 2.75. The average molecular weight is 345 g/mol. The van der Waals surface area contributed by atoms with Crippen molar-refractivity contribution in [2.24, 2.45) is 5.10 Å². The van der Waals surface area contributed by atoms with E-state index < -0.39 is 0 Å². The number of hydrogen-bond donors (Lipinski definition) is 2. The number of para-hydroxylation sites is 1. The molecule has 0 aliphatic carbocycles. The SMILES string of the molecule is CC(=NNC(=O)[C@@H](C)Nc1ccccc1C)c1ccc2ccccc2c1. The summed E-state index contributed by atoms with van der Waals surface area (Å²) < 4.78 is 0. The Morgan fingerprint density at radius 1 is 0.962 bits per heavy atom. The van der Waals surface area contributed by atoms with Gasteiger partial charge in [0.05, 0.1) is 5.71 Å². The van der Waals surface area contributed by atoms with Crippen molar-refractivity contribution in [3.63, 3.8) is 0 Å². The summed E-state index contributed by atoms with van der Waals surface area (Å²) in [6.07, 6.45) is 0. The number of amides is 1. The van der Waals surface area contributed by atoms with Gasteiger partial charge in [-0.2, -0.15) is 5.10 Å². The molecule has 0 fully saturated rings. The van der Waals surface area contributed by atoms with Crippen LogP contribution in [0.3, 0.4) is 0 Å². The molecule has 4 heteroatoms. The molecule has 132 valence electrons. The van der Waals surface area contributed by atoms with Gasteiger partial charge in [-0.15, -0.1) is 0 Å². The Morgan fingerprint density at radius 2 is 1.65 bits per heavy atom. The highest BCUT2D eigenvalue weighted by Crippen LogP contribution is 2.16. The summed E-state index contributed by atoms with van der Waals surface area (Å²) in [7, 11) is 0. The molecule has 1 amide bonds. The molecular formula is C22H23N3O. The molecule has 0 bridgehead atoms. The number of carbonyl (C=O) groups excluding carboxylic acids is 1. The number of nitrogens with one attached hydrogen (secondary N) is 2. The Bertz CT molecular complexity index is 962. The molecule has 2 N–H and O–H groups in total. The van der Waals surface area contributed by atoms with Crippen LogP contribution in [0.15, 0.2) is 71.8 Å². The predicted molar refractivity (Wildman–Crippen MR) is 109 cm³/mol. The molecule has 4 nitrogen and oxygen atoms in total. The van der Waals surface area contributed by atoms with Crippen LogP contribution in [-0.2, 0) is 4.79 Å². The van der Waals surface area contributed by atoms with Crippen LogP contribution in [-0.4, -0.2) is 17.7 Å². The Kier molecular flexibility index (Phi) is 5.32. The number of anilines is 1. The van der Waals surface area contributed by atoms with E-state index in [1.54, 1.807) is 0 Å². The lowest BCUT2D eigenvalue weighted by Gasteiger charge is -2.15. The lowest BCUT2D eigenvalue weighted by Crippen LogP contribution is -2.35. The van der Waals surface area contributed by atoms with Gasteiger partial charge >= 0.3 is 0 Å². The van der Waals surface area contributed by atoms with Gasteiger partial charge in [0.2, 0.25) is 0 Å². The van der Waals surface area contributed by atoms with Crippen LogP contribution in [0.1, 0.15) is 25.0 Å². The normalized spacial score (nSPS) is 12.7. The molecule has 0 aromatic heterocycles. The molecule has 0 saturated carbocycles. The maximum atomic E-state index is 12.3. The molecule has 26 heavy (non-hydrogen) atoms. The lowest BCUT2D eigenvalue weighted by atomic mass is 10.0. The Morgan fingerprint density at radius 3 is 2.42 bits per heavy atom. The van der Waals surface area contributed by atoms with Crippen molar-refractivity contribution >= 4 is 28.1 Å². The maximum absolute atomic E-state index is 12.3. The summed E-state index contributed by atoms with van der Waals surface area (Å²) in [5, 5.41) is 9.82. The van der Waals surface area contributed by atoms with E-state index in [-0.39, 0.29) is 11.9 Å². The van der Waals surface area contributed by atoms with E-state index in [1.807, 2.05) is 63.2 Å². The van der Waals surface area contributed by atoms with E-state index in [0.29, 0.717) is 0 Å². The summed E-state index contributed by atoms with van der Waals surface area (Å²) in [5.74, 6) is -0.173. The summed E-state index contributed by atoms with van der Waals surface area (Å²) in [4.78, 5) is 12.3. The minimum absolute atomic E-state index is 0.173. The molecule has 3 rings (SSSR count). The zero-order valence-electron chi connectivity index (χ0n) is 15.3. The van der Waals surface area contributed by atoms with Gasteiger partial charge in [0.25, 0.3) is 5.91 Å².